The van der Waals surface area contributed by atoms with E-state index in [0.29, 0.717) is 47.2 Å². The maximum Gasteiger partial charge on any atom is 0.330 e. The Hall–Kier alpha value is -4.19. The zero-order valence-corrected chi connectivity index (χ0v) is 25.9. The van der Waals surface area contributed by atoms with Gasteiger partial charge in [-0.05, 0) is 29.7 Å². The fraction of sp³-hybridized carbons (Fsp3) is 0.323. The highest BCUT2D eigenvalue weighted by Crippen LogP contribution is 2.43. The molecule has 2 amide bonds. The summed E-state index contributed by atoms with van der Waals surface area (Å²) in [4.78, 5) is 55.4. The van der Waals surface area contributed by atoms with Crippen LogP contribution in [-0.2, 0) is 31.0 Å². The summed E-state index contributed by atoms with van der Waals surface area (Å²) >= 11 is 13.8. The largest absolute Gasteiger partial charge is 0.481 e. The standard InChI is InChI=1S/C31H32Cl2N6O5/c1-38-17-22(29(42)39(2)30(38)43)27(41)37-31(14-6-8-21(26(31)33)20-7-4-5-9-23(20)32)24-12-10-18(28(36-24)44-3)15-34-16-19-11-13-25(40)35-19/h4-10,12,14,17,19,26,34H,11,13,15-16H2,1-3H3,(H,35,40)(H,37,41)/t19?,26-,31?/m0/s1. The topological polar surface area (TPSA) is 136 Å². The van der Waals surface area contributed by atoms with Gasteiger partial charge in [0, 0.05) is 56.4 Å². The summed E-state index contributed by atoms with van der Waals surface area (Å²) in [7, 11) is 4.26. The van der Waals surface area contributed by atoms with Crippen LogP contribution in [0.3, 0.4) is 0 Å². The van der Waals surface area contributed by atoms with E-state index in [2.05, 4.69) is 16.0 Å². The van der Waals surface area contributed by atoms with Crippen LogP contribution in [0.15, 0.2) is 70.4 Å². The summed E-state index contributed by atoms with van der Waals surface area (Å²) < 4.78 is 7.68. The Morgan fingerprint density at radius 2 is 1.95 bits per heavy atom. The van der Waals surface area contributed by atoms with Gasteiger partial charge in [0.2, 0.25) is 11.8 Å². The highest BCUT2D eigenvalue weighted by molar-refractivity contribution is 6.34. The smallest absolute Gasteiger partial charge is 0.330 e. The fourth-order valence-corrected chi connectivity index (χ4v) is 6.14. The van der Waals surface area contributed by atoms with E-state index in [9.17, 15) is 19.2 Å². The minimum Gasteiger partial charge on any atom is -0.481 e. The van der Waals surface area contributed by atoms with Gasteiger partial charge in [0.25, 0.3) is 11.5 Å². The van der Waals surface area contributed by atoms with Crippen molar-refractivity contribution in [1.29, 1.82) is 0 Å². The minimum atomic E-state index is -1.46. The Labute approximate surface area is 263 Å². The maximum absolute atomic E-state index is 13.8. The van der Waals surface area contributed by atoms with Crippen LogP contribution in [0.1, 0.15) is 40.0 Å². The van der Waals surface area contributed by atoms with Crippen LogP contribution < -0.4 is 31.9 Å². The molecule has 11 nitrogen and oxygen atoms in total. The summed E-state index contributed by atoms with van der Waals surface area (Å²) in [6.07, 6.45) is 7.75. The number of methoxy groups -OCH3 is 1. The molecule has 0 radical (unpaired) electrons. The molecule has 3 N–H and O–H groups in total. The SMILES string of the molecule is COc1nc(C2(NC(=O)c3cn(C)c(=O)n(C)c3=O)C=CC=C(c3ccccc3Cl)[C@@H]2Cl)ccc1CNCC1CCC(=O)N1. The first-order valence-electron chi connectivity index (χ1n) is 14.0. The average molecular weight is 640 g/mol. The minimum absolute atomic E-state index is 0.0460. The molecule has 1 fully saturated rings. The Morgan fingerprint density at radius 1 is 1.18 bits per heavy atom. The summed E-state index contributed by atoms with van der Waals surface area (Å²) in [5.41, 5.74) is -0.628. The molecule has 2 unspecified atom stereocenters. The number of ether oxygens (including phenoxy) is 1. The second kappa shape index (κ2) is 12.8. The number of carbonyl (C=O) groups is 2. The van der Waals surface area contributed by atoms with Crippen molar-refractivity contribution in [3.8, 4) is 5.88 Å². The number of pyridine rings is 1. The highest BCUT2D eigenvalue weighted by Gasteiger charge is 2.45. The van der Waals surface area contributed by atoms with Gasteiger partial charge in [0.15, 0.2) is 0 Å². The summed E-state index contributed by atoms with van der Waals surface area (Å²) in [5.74, 6) is -0.394. The molecule has 1 aliphatic heterocycles. The van der Waals surface area contributed by atoms with Crippen LogP contribution in [0.2, 0.25) is 5.02 Å². The number of rotatable bonds is 9. The van der Waals surface area contributed by atoms with Crippen LogP contribution in [0.5, 0.6) is 5.88 Å². The molecular formula is C31H32Cl2N6O5. The number of carbonyl (C=O) groups excluding carboxylic acids is 2. The zero-order chi connectivity index (χ0) is 31.6. The molecule has 13 heteroatoms. The number of hydrogen-bond donors (Lipinski definition) is 3. The van der Waals surface area contributed by atoms with Gasteiger partial charge in [-0.3, -0.25) is 19.0 Å². The van der Waals surface area contributed by atoms with Crippen molar-refractivity contribution in [3.05, 3.63) is 109 Å². The lowest BCUT2D eigenvalue weighted by atomic mass is 9.80. The molecule has 230 valence electrons. The van der Waals surface area contributed by atoms with E-state index < -0.39 is 28.1 Å². The number of aryl methyl sites for hydroxylation is 1. The molecular weight excluding hydrogens is 607 g/mol. The normalized spacial score (nSPS) is 21.1. The second-order valence-corrected chi connectivity index (χ2v) is 11.6. The van der Waals surface area contributed by atoms with E-state index in [1.807, 2.05) is 24.3 Å². The summed E-state index contributed by atoms with van der Waals surface area (Å²) in [5, 5.41) is 8.76. The molecule has 1 aromatic carbocycles. The molecule has 0 spiro atoms. The molecule has 44 heavy (non-hydrogen) atoms. The Bertz CT molecular complexity index is 1800. The van der Waals surface area contributed by atoms with Crippen molar-refractivity contribution < 1.29 is 14.3 Å². The predicted molar refractivity (Wildman–Crippen MR) is 168 cm³/mol. The number of hydrogen-bond acceptors (Lipinski definition) is 7. The first-order valence-corrected chi connectivity index (χ1v) is 14.8. The van der Waals surface area contributed by atoms with E-state index in [4.69, 9.17) is 32.9 Å². The summed E-state index contributed by atoms with van der Waals surface area (Å²) in [6, 6.07) is 10.8. The quantitative estimate of drug-likeness (QED) is 0.306. The molecule has 1 saturated heterocycles. The third-order valence-electron chi connectivity index (χ3n) is 7.85. The second-order valence-electron chi connectivity index (χ2n) is 10.7. The third-order valence-corrected chi connectivity index (χ3v) is 8.76. The zero-order valence-electron chi connectivity index (χ0n) is 24.4. The highest BCUT2D eigenvalue weighted by atomic mass is 35.5. The van der Waals surface area contributed by atoms with Crippen molar-refractivity contribution in [2.75, 3.05) is 13.7 Å². The van der Waals surface area contributed by atoms with Gasteiger partial charge in [0.1, 0.15) is 11.1 Å². The third kappa shape index (κ3) is 5.95. The van der Waals surface area contributed by atoms with E-state index in [1.165, 1.54) is 27.4 Å². The Kier molecular flexibility index (Phi) is 9.10. The molecule has 3 heterocycles. The number of halogens is 2. The molecule has 1 aliphatic carbocycles. The van der Waals surface area contributed by atoms with E-state index in [-0.39, 0.29) is 17.5 Å². The van der Waals surface area contributed by atoms with Gasteiger partial charge in [-0.15, -0.1) is 11.6 Å². The number of nitrogens with one attached hydrogen (secondary N) is 3. The van der Waals surface area contributed by atoms with Crippen LogP contribution in [0.4, 0.5) is 0 Å². The van der Waals surface area contributed by atoms with Crippen molar-refractivity contribution in [2.24, 2.45) is 14.1 Å². The van der Waals surface area contributed by atoms with Crippen LogP contribution in [-0.4, -0.2) is 51.0 Å². The van der Waals surface area contributed by atoms with E-state index in [1.54, 1.807) is 30.4 Å². The monoisotopic (exact) mass is 638 g/mol. The van der Waals surface area contributed by atoms with Gasteiger partial charge >= 0.3 is 5.69 Å². The first kappa shape index (κ1) is 31.2. The van der Waals surface area contributed by atoms with Crippen molar-refractivity contribution >= 4 is 40.6 Å². The first-order chi connectivity index (χ1) is 21.1. The number of amides is 2. The van der Waals surface area contributed by atoms with Gasteiger partial charge in [-0.1, -0.05) is 54.1 Å². The molecule has 2 aromatic heterocycles. The molecule has 5 rings (SSSR count). The number of alkyl halides is 1. The maximum atomic E-state index is 13.8. The lowest BCUT2D eigenvalue weighted by Gasteiger charge is -2.39. The van der Waals surface area contributed by atoms with Gasteiger partial charge in [-0.25, -0.2) is 9.78 Å². The van der Waals surface area contributed by atoms with Crippen LogP contribution in [0, 0.1) is 0 Å². The fourth-order valence-electron chi connectivity index (χ4n) is 5.47. The lowest BCUT2D eigenvalue weighted by Crippen LogP contribution is -2.54. The number of aromatic nitrogens is 3. The Balaban J connectivity index is 1.54. The van der Waals surface area contributed by atoms with Crippen LogP contribution in [0.25, 0.3) is 5.57 Å². The molecule has 3 aromatic rings. The molecule has 0 saturated carbocycles. The van der Waals surface area contributed by atoms with Crippen molar-refractivity contribution in [2.45, 2.75) is 36.3 Å². The molecule has 0 bridgehead atoms. The van der Waals surface area contributed by atoms with Crippen molar-refractivity contribution in [3.63, 3.8) is 0 Å². The molecule has 2 aliphatic rings. The number of allylic oxidation sites excluding steroid dienone is 2. The summed E-state index contributed by atoms with van der Waals surface area (Å²) in [6.45, 7) is 1.00. The van der Waals surface area contributed by atoms with Gasteiger partial charge in [-0.2, -0.15) is 0 Å². The van der Waals surface area contributed by atoms with Gasteiger partial charge < -0.3 is 25.3 Å². The Morgan fingerprint density at radius 3 is 2.66 bits per heavy atom. The number of nitrogens with zero attached hydrogens (tertiary/aromatic N) is 3. The van der Waals surface area contributed by atoms with E-state index in [0.717, 1.165) is 21.1 Å². The number of benzene rings is 1. The van der Waals surface area contributed by atoms with Gasteiger partial charge in [0.05, 0.1) is 18.2 Å². The average Bonchev–Trinajstić information content (AvgIpc) is 3.44. The predicted octanol–water partition coefficient (Wildman–Crippen LogP) is 2.40. The van der Waals surface area contributed by atoms with Crippen LogP contribution >= 0.6 is 23.2 Å². The van der Waals surface area contributed by atoms with Crippen molar-refractivity contribution in [1.82, 2.24) is 30.1 Å². The molecule has 3 atom stereocenters. The van der Waals surface area contributed by atoms with E-state index >= 15 is 0 Å². The lowest BCUT2D eigenvalue weighted by molar-refractivity contribution is -0.119.